The van der Waals surface area contributed by atoms with Gasteiger partial charge in [0.2, 0.25) is 11.8 Å². The van der Waals surface area contributed by atoms with Gasteiger partial charge >= 0.3 is 6.09 Å². The van der Waals surface area contributed by atoms with Gasteiger partial charge in [-0.15, -0.1) is 0 Å². The summed E-state index contributed by atoms with van der Waals surface area (Å²) in [5.41, 5.74) is 7.41. The van der Waals surface area contributed by atoms with Crippen molar-refractivity contribution in [3.63, 3.8) is 0 Å². The van der Waals surface area contributed by atoms with Crippen molar-refractivity contribution in [2.45, 2.75) is 70.9 Å². The number of carbonyl (C=O) groups is 3. The minimum atomic E-state index is -0.573. The van der Waals surface area contributed by atoms with Crippen molar-refractivity contribution in [3.8, 4) is 0 Å². The van der Waals surface area contributed by atoms with E-state index in [-0.39, 0.29) is 25.5 Å². The van der Waals surface area contributed by atoms with Crippen LogP contribution in [0, 0.1) is 0 Å². The first kappa shape index (κ1) is 27.9. The Morgan fingerprint density at radius 2 is 1.54 bits per heavy atom. The first-order chi connectivity index (χ1) is 17.0. The first-order valence-corrected chi connectivity index (χ1v) is 12.5. The van der Waals surface area contributed by atoms with Gasteiger partial charge < -0.3 is 20.7 Å². The highest BCUT2D eigenvalue weighted by molar-refractivity contribution is 5.79. The van der Waals surface area contributed by atoms with Crippen LogP contribution in [0.5, 0.6) is 0 Å². The second-order valence-electron chi connectivity index (χ2n) is 8.82. The third kappa shape index (κ3) is 12.1. The Morgan fingerprint density at radius 3 is 2.17 bits per heavy atom. The molecular formula is C28H39N3O4. The second-order valence-corrected chi connectivity index (χ2v) is 8.82. The molecule has 0 radical (unpaired) electrons. The van der Waals surface area contributed by atoms with Crippen molar-refractivity contribution in [1.29, 1.82) is 0 Å². The number of nitrogens with two attached hydrogens (primary N) is 1. The van der Waals surface area contributed by atoms with E-state index in [1.807, 2.05) is 60.7 Å². The van der Waals surface area contributed by atoms with Crippen molar-refractivity contribution >= 4 is 17.9 Å². The van der Waals surface area contributed by atoms with Gasteiger partial charge in [0.15, 0.2) is 0 Å². The minimum absolute atomic E-state index is 0.0463. The molecule has 0 aliphatic rings. The van der Waals surface area contributed by atoms with E-state index < -0.39 is 18.0 Å². The molecule has 0 saturated carbocycles. The molecule has 0 spiro atoms. The van der Waals surface area contributed by atoms with Crippen LogP contribution in [0.15, 0.2) is 60.7 Å². The number of benzene rings is 2. The Morgan fingerprint density at radius 1 is 0.914 bits per heavy atom. The molecule has 0 aromatic heterocycles. The van der Waals surface area contributed by atoms with Crippen molar-refractivity contribution in [3.05, 3.63) is 71.8 Å². The Balaban J connectivity index is 2.01. The van der Waals surface area contributed by atoms with E-state index in [9.17, 15) is 14.4 Å². The average Bonchev–Trinajstić information content (AvgIpc) is 2.85. The third-order valence-electron chi connectivity index (χ3n) is 5.74. The highest BCUT2D eigenvalue weighted by Crippen LogP contribution is 2.09. The third-order valence-corrected chi connectivity index (χ3v) is 5.74. The zero-order chi connectivity index (χ0) is 25.3. The van der Waals surface area contributed by atoms with Gasteiger partial charge in [-0.2, -0.15) is 0 Å². The molecule has 2 aromatic carbocycles. The predicted octanol–water partition coefficient (Wildman–Crippen LogP) is 4.59. The molecule has 3 N–H and O–H groups in total. The van der Waals surface area contributed by atoms with E-state index in [1.165, 1.54) is 0 Å². The molecule has 190 valence electrons. The number of nitrogens with one attached hydrogen (secondary N) is 1. The molecule has 1 atom stereocenters. The van der Waals surface area contributed by atoms with Gasteiger partial charge in [0.25, 0.3) is 0 Å². The lowest BCUT2D eigenvalue weighted by Gasteiger charge is -2.27. The van der Waals surface area contributed by atoms with Crippen molar-refractivity contribution in [2.75, 3.05) is 13.1 Å². The molecule has 7 heteroatoms. The molecule has 2 aromatic rings. The van der Waals surface area contributed by atoms with Crippen LogP contribution in [-0.2, 0) is 27.4 Å². The first-order valence-electron chi connectivity index (χ1n) is 12.5. The minimum Gasteiger partial charge on any atom is -0.445 e. The van der Waals surface area contributed by atoms with Crippen LogP contribution in [0.25, 0.3) is 0 Å². The number of nitrogens with zero attached hydrogens (tertiary/aromatic N) is 1. The molecule has 2 rings (SSSR count). The SMILES string of the molecule is CCCCCCCC(=O)N[C@H](CC(N)=O)CN(CCc1ccccc1)C(=O)OCc1ccccc1. The lowest BCUT2D eigenvalue weighted by molar-refractivity contribution is -0.123. The Labute approximate surface area is 209 Å². The molecule has 0 unspecified atom stereocenters. The summed E-state index contributed by atoms with van der Waals surface area (Å²) in [4.78, 5) is 38.8. The van der Waals surface area contributed by atoms with Gasteiger partial charge in [-0.1, -0.05) is 93.3 Å². The largest absolute Gasteiger partial charge is 0.445 e. The molecule has 0 heterocycles. The van der Waals surface area contributed by atoms with Crippen LogP contribution in [0.1, 0.15) is 63.0 Å². The zero-order valence-corrected chi connectivity index (χ0v) is 20.8. The van der Waals surface area contributed by atoms with Crippen LogP contribution >= 0.6 is 0 Å². The van der Waals surface area contributed by atoms with E-state index in [1.54, 1.807) is 4.90 Å². The van der Waals surface area contributed by atoms with Crippen LogP contribution in [0.2, 0.25) is 0 Å². The lowest BCUT2D eigenvalue weighted by atomic mass is 10.1. The van der Waals surface area contributed by atoms with Gasteiger partial charge in [-0.05, 0) is 24.0 Å². The van der Waals surface area contributed by atoms with Gasteiger partial charge in [0.05, 0.1) is 6.04 Å². The normalized spacial score (nSPS) is 11.5. The molecule has 0 aliphatic carbocycles. The quantitative estimate of drug-likeness (QED) is 0.342. The summed E-state index contributed by atoms with van der Waals surface area (Å²) in [6, 6.07) is 18.7. The molecule has 0 bridgehead atoms. The highest BCUT2D eigenvalue weighted by atomic mass is 16.6. The molecule has 3 amide bonds. The van der Waals surface area contributed by atoms with Crippen LogP contribution < -0.4 is 11.1 Å². The fraction of sp³-hybridized carbons (Fsp3) is 0.464. The summed E-state index contributed by atoms with van der Waals surface area (Å²) in [6.07, 6.45) is 5.68. The Hall–Kier alpha value is -3.35. The number of hydrogen-bond donors (Lipinski definition) is 2. The highest BCUT2D eigenvalue weighted by Gasteiger charge is 2.23. The maximum atomic E-state index is 13.0. The summed E-state index contributed by atoms with van der Waals surface area (Å²) in [6.45, 7) is 2.83. The van der Waals surface area contributed by atoms with Gasteiger partial charge in [0, 0.05) is 25.9 Å². The van der Waals surface area contributed by atoms with Crippen LogP contribution in [-0.4, -0.2) is 41.9 Å². The molecule has 7 nitrogen and oxygen atoms in total. The smallest absolute Gasteiger partial charge is 0.410 e. The average molecular weight is 482 g/mol. The number of amides is 3. The fourth-order valence-electron chi connectivity index (χ4n) is 3.84. The molecular weight excluding hydrogens is 442 g/mol. The lowest BCUT2D eigenvalue weighted by Crippen LogP contribution is -2.48. The number of ether oxygens (including phenoxy) is 1. The Bertz CT molecular complexity index is 890. The van der Waals surface area contributed by atoms with Crippen molar-refractivity contribution in [1.82, 2.24) is 10.2 Å². The summed E-state index contributed by atoms with van der Waals surface area (Å²) in [5, 5.41) is 2.91. The van der Waals surface area contributed by atoms with E-state index in [0.29, 0.717) is 19.4 Å². The Kier molecular flexibility index (Phi) is 13.0. The molecule has 0 fully saturated rings. The topological polar surface area (TPSA) is 102 Å². The monoisotopic (exact) mass is 481 g/mol. The van der Waals surface area contributed by atoms with Crippen LogP contribution in [0.3, 0.4) is 0 Å². The van der Waals surface area contributed by atoms with E-state index >= 15 is 0 Å². The van der Waals surface area contributed by atoms with Gasteiger partial charge in [0.1, 0.15) is 6.61 Å². The molecule has 35 heavy (non-hydrogen) atoms. The van der Waals surface area contributed by atoms with Crippen molar-refractivity contribution in [2.24, 2.45) is 5.73 Å². The number of carbonyl (C=O) groups excluding carboxylic acids is 3. The molecule has 0 saturated heterocycles. The number of hydrogen-bond acceptors (Lipinski definition) is 4. The summed E-state index contributed by atoms with van der Waals surface area (Å²) in [7, 11) is 0. The van der Waals surface area contributed by atoms with Crippen LogP contribution in [0.4, 0.5) is 4.79 Å². The maximum absolute atomic E-state index is 13.0. The van der Waals surface area contributed by atoms with Crippen molar-refractivity contribution < 1.29 is 19.1 Å². The fourth-order valence-corrected chi connectivity index (χ4v) is 3.84. The summed E-state index contributed by atoms with van der Waals surface area (Å²) >= 11 is 0. The van der Waals surface area contributed by atoms with Gasteiger partial charge in [-0.25, -0.2) is 4.79 Å². The second kappa shape index (κ2) is 16.3. The number of unbranched alkanes of at least 4 members (excludes halogenated alkanes) is 4. The standard InChI is InChI=1S/C28H39N3O4/c1-2-3-4-5-12-17-27(33)30-25(20-26(29)32)21-31(19-18-23-13-8-6-9-14-23)28(34)35-22-24-15-10-7-11-16-24/h6-11,13-16,25H,2-5,12,17-22H2,1H3,(H2,29,32)(H,30,33)/t25-/m1/s1. The summed E-state index contributed by atoms with van der Waals surface area (Å²) < 4.78 is 5.55. The predicted molar refractivity (Wildman–Crippen MR) is 137 cm³/mol. The number of primary amides is 1. The number of rotatable bonds is 16. The van der Waals surface area contributed by atoms with E-state index in [2.05, 4.69) is 12.2 Å². The zero-order valence-electron chi connectivity index (χ0n) is 20.8. The summed E-state index contributed by atoms with van der Waals surface area (Å²) in [5.74, 6) is -0.660. The molecule has 0 aliphatic heterocycles. The van der Waals surface area contributed by atoms with E-state index in [4.69, 9.17) is 10.5 Å². The van der Waals surface area contributed by atoms with Gasteiger partial charge in [-0.3, -0.25) is 9.59 Å². The van der Waals surface area contributed by atoms with E-state index in [0.717, 1.165) is 43.2 Å². The maximum Gasteiger partial charge on any atom is 0.410 e.